The molecule has 21 heavy (non-hydrogen) atoms. The summed E-state index contributed by atoms with van der Waals surface area (Å²) in [4.78, 5) is 11.1. The molecule has 0 bridgehead atoms. The molecule has 1 unspecified atom stereocenters. The van der Waals surface area contributed by atoms with Gasteiger partial charge in [0.2, 0.25) is 0 Å². The van der Waals surface area contributed by atoms with E-state index >= 15 is 0 Å². The molecule has 2 N–H and O–H groups in total. The molecule has 8 heteroatoms. The predicted molar refractivity (Wildman–Crippen MR) is 72.2 cm³/mol. The van der Waals surface area contributed by atoms with Gasteiger partial charge in [-0.15, -0.1) is 0 Å². The van der Waals surface area contributed by atoms with E-state index in [-0.39, 0.29) is 30.3 Å². The molecule has 0 spiro atoms. The van der Waals surface area contributed by atoms with Crippen LogP contribution in [0.3, 0.4) is 0 Å². The lowest BCUT2D eigenvalue weighted by atomic mass is 10.2. The van der Waals surface area contributed by atoms with Crippen LogP contribution in [-0.2, 0) is 15.7 Å². The molecule has 1 rings (SSSR count). The lowest BCUT2D eigenvalue weighted by Crippen LogP contribution is -2.24. The van der Waals surface area contributed by atoms with Crippen LogP contribution >= 0.6 is 11.6 Å². The average molecular weight is 326 g/mol. The number of carbonyl (C=O) groups is 1. The van der Waals surface area contributed by atoms with Crippen LogP contribution in [0.2, 0.25) is 5.02 Å². The van der Waals surface area contributed by atoms with Crippen LogP contribution in [0, 0.1) is 0 Å². The summed E-state index contributed by atoms with van der Waals surface area (Å²) in [6.07, 6.45) is -5.70. The number of aliphatic hydroxyl groups is 1. The van der Waals surface area contributed by atoms with Gasteiger partial charge in [0.1, 0.15) is 0 Å². The fraction of sp³-hybridized carbons (Fsp3) is 0.462. The summed E-state index contributed by atoms with van der Waals surface area (Å²) in [7, 11) is 0. The molecule has 0 amide bonds. The van der Waals surface area contributed by atoms with E-state index in [1.807, 2.05) is 0 Å². The van der Waals surface area contributed by atoms with Crippen molar-refractivity contribution in [3.8, 4) is 0 Å². The Balaban J connectivity index is 2.58. The molecular weight excluding hydrogens is 311 g/mol. The number of esters is 1. The average Bonchev–Trinajstić information content (AvgIpc) is 2.36. The van der Waals surface area contributed by atoms with Crippen LogP contribution in [0.4, 0.5) is 18.9 Å². The zero-order chi connectivity index (χ0) is 16.0. The molecule has 0 aliphatic carbocycles. The lowest BCUT2D eigenvalue weighted by molar-refractivity contribution is -0.145. The minimum Gasteiger partial charge on any atom is -0.466 e. The smallest absolute Gasteiger partial charge is 0.416 e. The number of rotatable bonds is 6. The SMILES string of the molecule is CCOC(=O)CC(O)CNc1ccc(C(F)(F)F)cc1Cl. The Morgan fingerprint density at radius 3 is 2.67 bits per heavy atom. The summed E-state index contributed by atoms with van der Waals surface area (Å²) in [5.74, 6) is -0.551. The molecule has 0 radical (unpaired) electrons. The van der Waals surface area contributed by atoms with E-state index in [0.29, 0.717) is 0 Å². The van der Waals surface area contributed by atoms with Crippen molar-refractivity contribution in [3.63, 3.8) is 0 Å². The van der Waals surface area contributed by atoms with Gasteiger partial charge in [0.25, 0.3) is 0 Å². The zero-order valence-corrected chi connectivity index (χ0v) is 12.0. The number of anilines is 1. The maximum atomic E-state index is 12.5. The van der Waals surface area contributed by atoms with Gasteiger partial charge in [0, 0.05) is 6.54 Å². The van der Waals surface area contributed by atoms with Crippen LogP contribution in [0.1, 0.15) is 18.9 Å². The second-order valence-corrected chi connectivity index (χ2v) is 4.64. The number of benzene rings is 1. The Bertz CT molecular complexity index is 494. The minimum atomic E-state index is -4.47. The predicted octanol–water partition coefficient (Wildman–Crippen LogP) is 3.08. The van der Waals surface area contributed by atoms with Crippen molar-refractivity contribution >= 4 is 23.3 Å². The van der Waals surface area contributed by atoms with E-state index in [9.17, 15) is 23.1 Å². The fourth-order valence-corrected chi connectivity index (χ4v) is 1.79. The molecule has 0 aromatic heterocycles. The van der Waals surface area contributed by atoms with Gasteiger partial charge in [0.05, 0.1) is 35.4 Å². The van der Waals surface area contributed by atoms with E-state index in [1.165, 1.54) is 6.07 Å². The topological polar surface area (TPSA) is 58.6 Å². The first-order valence-corrected chi connectivity index (χ1v) is 6.56. The normalized spacial score (nSPS) is 12.9. The molecule has 0 saturated carbocycles. The Morgan fingerprint density at radius 2 is 2.14 bits per heavy atom. The van der Waals surface area contributed by atoms with Crippen molar-refractivity contribution in [2.45, 2.75) is 25.6 Å². The van der Waals surface area contributed by atoms with E-state index in [2.05, 4.69) is 10.1 Å². The van der Waals surface area contributed by atoms with Gasteiger partial charge in [-0.2, -0.15) is 13.2 Å². The molecule has 1 aromatic rings. The second-order valence-electron chi connectivity index (χ2n) is 4.24. The van der Waals surface area contributed by atoms with Crippen molar-refractivity contribution in [1.29, 1.82) is 0 Å². The van der Waals surface area contributed by atoms with Crippen LogP contribution in [-0.4, -0.2) is 30.3 Å². The van der Waals surface area contributed by atoms with E-state index in [1.54, 1.807) is 6.92 Å². The van der Waals surface area contributed by atoms with Gasteiger partial charge in [-0.1, -0.05) is 11.6 Å². The summed E-state index contributed by atoms with van der Waals surface area (Å²) in [6, 6.07) is 2.84. The van der Waals surface area contributed by atoms with Gasteiger partial charge >= 0.3 is 12.1 Å². The molecule has 0 fully saturated rings. The van der Waals surface area contributed by atoms with Gasteiger partial charge in [0.15, 0.2) is 0 Å². The molecule has 1 aromatic carbocycles. The van der Waals surface area contributed by atoms with Crippen LogP contribution in [0.15, 0.2) is 18.2 Å². The first-order valence-electron chi connectivity index (χ1n) is 6.18. The molecule has 0 heterocycles. The summed E-state index contributed by atoms with van der Waals surface area (Å²) in [5, 5.41) is 12.2. The highest BCUT2D eigenvalue weighted by atomic mass is 35.5. The lowest BCUT2D eigenvalue weighted by Gasteiger charge is -2.14. The highest BCUT2D eigenvalue weighted by Gasteiger charge is 2.30. The molecule has 0 aliphatic rings. The first-order chi connectivity index (χ1) is 9.74. The Kier molecular flexibility index (Phi) is 6.29. The number of ether oxygens (including phenoxy) is 1. The number of hydrogen-bond donors (Lipinski definition) is 2. The van der Waals surface area contributed by atoms with Gasteiger partial charge in [-0.3, -0.25) is 4.79 Å². The second kappa shape index (κ2) is 7.51. The third-order valence-electron chi connectivity index (χ3n) is 2.53. The van der Waals surface area contributed by atoms with Crippen molar-refractivity contribution in [3.05, 3.63) is 28.8 Å². The molecule has 0 aliphatic heterocycles. The van der Waals surface area contributed by atoms with Gasteiger partial charge in [-0.25, -0.2) is 0 Å². The summed E-state index contributed by atoms with van der Waals surface area (Å²) < 4.78 is 42.0. The Hall–Kier alpha value is -1.47. The Morgan fingerprint density at radius 1 is 1.48 bits per heavy atom. The fourth-order valence-electron chi connectivity index (χ4n) is 1.55. The van der Waals surface area contributed by atoms with Crippen LogP contribution in [0.25, 0.3) is 0 Å². The Labute approximate surface area is 124 Å². The summed E-state index contributed by atoms with van der Waals surface area (Å²) >= 11 is 5.74. The third-order valence-corrected chi connectivity index (χ3v) is 2.84. The van der Waals surface area contributed by atoms with Crippen LogP contribution < -0.4 is 5.32 Å². The van der Waals surface area contributed by atoms with Crippen molar-refractivity contribution in [2.75, 3.05) is 18.5 Å². The van der Waals surface area contributed by atoms with E-state index in [4.69, 9.17) is 11.6 Å². The number of hydrogen-bond acceptors (Lipinski definition) is 4. The van der Waals surface area contributed by atoms with E-state index < -0.39 is 23.8 Å². The molecule has 0 saturated heterocycles. The van der Waals surface area contributed by atoms with E-state index in [0.717, 1.165) is 12.1 Å². The van der Waals surface area contributed by atoms with Crippen molar-refractivity contribution in [2.24, 2.45) is 0 Å². The van der Waals surface area contributed by atoms with Gasteiger partial charge in [-0.05, 0) is 25.1 Å². The monoisotopic (exact) mass is 325 g/mol. The number of alkyl halides is 3. The number of halogens is 4. The molecule has 4 nitrogen and oxygen atoms in total. The number of nitrogens with one attached hydrogen (secondary N) is 1. The molecule has 1 atom stereocenters. The maximum Gasteiger partial charge on any atom is 0.416 e. The highest BCUT2D eigenvalue weighted by molar-refractivity contribution is 6.33. The number of aliphatic hydroxyl groups excluding tert-OH is 1. The zero-order valence-electron chi connectivity index (χ0n) is 11.2. The van der Waals surface area contributed by atoms with Crippen LogP contribution in [0.5, 0.6) is 0 Å². The molecular formula is C13H15ClF3NO3. The minimum absolute atomic E-state index is 0.0378. The largest absolute Gasteiger partial charge is 0.466 e. The summed E-state index contributed by atoms with van der Waals surface area (Å²) in [5.41, 5.74) is -0.613. The van der Waals surface area contributed by atoms with Crippen molar-refractivity contribution in [1.82, 2.24) is 0 Å². The maximum absolute atomic E-state index is 12.5. The standard InChI is InChI=1S/C13H15ClF3NO3/c1-2-21-12(20)6-9(19)7-18-11-4-3-8(5-10(11)14)13(15,16)17/h3-5,9,18-19H,2,6-7H2,1H3. The molecule has 118 valence electrons. The number of carbonyl (C=O) groups excluding carboxylic acids is 1. The third kappa shape index (κ3) is 5.81. The van der Waals surface area contributed by atoms with Crippen molar-refractivity contribution < 1.29 is 27.8 Å². The highest BCUT2D eigenvalue weighted by Crippen LogP contribution is 2.33. The van der Waals surface area contributed by atoms with Gasteiger partial charge < -0.3 is 15.2 Å². The quantitative estimate of drug-likeness (QED) is 0.789. The first kappa shape index (κ1) is 17.6. The summed E-state index contributed by atoms with van der Waals surface area (Å²) in [6.45, 7) is 1.82.